The molecule has 0 aliphatic carbocycles. The van der Waals surface area contributed by atoms with E-state index >= 15 is 0 Å². The highest BCUT2D eigenvalue weighted by Gasteiger charge is 2.27. The molecule has 0 heterocycles. The van der Waals surface area contributed by atoms with Crippen LogP contribution in [0, 0.1) is 0 Å². The summed E-state index contributed by atoms with van der Waals surface area (Å²) in [5.74, 6) is -1.42. The zero-order valence-corrected chi connectivity index (χ0v) is 16.3. The Morgan fingerprint density at radius 2 is 1.80 bits per heavy atom. The number of amides is 1. The molecule has 1 rings (SSSR count). The lowest BCUT2D eigenvalue weighted by Gasteiger charge is -2.20. The van der Waals surface area contributed by atoms with Gasteiger partial charge in [0.25, 0.3) is 5.91 Å². The van der Waals surface area contributed by atoms with E-state index in [2.05, 4.69) is 20.7 Å². The molecule has 0 aromatic heterocycles. The van der Waals surface area contributed by atoms with Gasteiger partial charge in [-0.3, -0.25) is 9.59 Å². The number of nitrogens with one attached hydrogen (secondary N) is 1. The van der Waals surface area contributed by atoms with Crippen molar-refractivity contribution in [2.45, 2.75) is 24.8 Å². The summed E-state index contributed by atoms with van der Waals surface area (Å²) >= 11 is 3.19. The Labute approximate surface area is 155 Å². The largest absolute Gasteiger partial charge is 0.454 e. The maximum Gasteiger partial charge on any atom is 0.327 e. The highest BCUT2D eigenvalue weighted by Crippen LogP contribution is 2.15. The third-order valence-corrected chi connectivity index (χ3v) is 5.36. The lowest BCUT2D eigenvalue weighted by molar-refractivity contribution is -0.154. The van der Waals surface area contributed by atoms with E-state index < -0.39 is 41.2 Å². The van der Waals surface area contributed by atoms with E-state index in [0.717, 1.165) is 0 Å². The van der Waals surface area contributed by atoms with Gasteiger partial charge in [0.1, 0.15) is 6.04 Å². The Morgan fingerprint density at radius 1 is 1.24 bits per heavy atom. The van der Waals surface area contributed by atoms with Crippen molar-refractivity contribution in [1.29, 1.82) is 0 Å². The summed E-state index contributed by atoms with van der Waals surface area (Å²) in [6.45, 7) is 3.18. The fourth-order valence-corrected chi connectivity index (χ4v) is 3.37. The van der Waals surface area contributed by atoms with Crippen LogP contribution in [-0.2, 0) is 24.3 Å². The third kappa shape index (κ3) is 6.38. The fourth-order valence-electron chi connectivity index (χ4n) is 1.93. The van der Waals surface area contributed by atoms with E-state index in [0.29, 0.717) is 17.6 Å². The molecule has 140 valence electrons. The molecule has 1 aromatic rings. The van der Waals surface area contributed by atoms with Crippen LogP contribution >= 0.6 is 15.9 Å². The van der Waals surface area contributed by atoms with Crippen molar-refractivity contribution in [3.8, 4) is 0 Å². The molecule has 1 unspecified atom stereocenters. The molecule has 0 aliphatic heterocycles. The van der Waals surface area contributed by atoms with Crippen molar-refractivity contribution < 1.29 is 27.9 Å². The SMILES string of the molecule is CCN(CC)C(=O)COC(=O)C(CO)NS(=O)(=O)c1ccc(Br)cc1. The Hall–Kier alpha value is -1.49. The zero-order valence-electron chi connectivity index (χ0n) is 13.9. The zero-order chi connectivity index (χ0) is 19.0. The third-order valence-electron chi connectivity index (χ3n) is 3.34. The van der Waals surface area contributed by atoms with Gasteiger partial charge in [0.05, 0.1) is 11.5 Å². The predicted octanol–water partition coefficient (Wildman–Crippen LogP) is 0.500. The van der Waals surface area contributed by atoms with Crippen molar-refractivity contribution in [3.05, 3.63) is 28.7 Å². The van der Waals surface area contributed by atoms with Crippen molar-refractivity contribution in [2.75, 3.05) is 26.3 Å². The summed E-state index contributed by atoms with van der Waals surface area (Å²) < 4.78 is 32.1. The number of aliphatic hydroxyl groups is 1. The van der Waals surface area contributed by atoms with Crippen LogP contribution in [0.5, 0.6) is 0 Å². The highest BCUT2D eigenvalue weighted by molar-refractivity contribution is 9.10. The van der Waals surface area contributed by atoms with Gasteiger partial charge in [-0.2, -0.15) is 4.72 Å². The molecule has 2 N–H and O–H groups in total. The molecule has 8 nitrogen and oxygen atoms in total. The van der Waals surface area contributed by atoms with Crippen LogP contribution in [0.3, 0.4) is 0 Å². The summed E-state index contributed by atoms with van der Waals surface area (Å²) in [5.41, 5.74) is 0. The molecule has 0 radical (unpaired) electrons. The molecule has 1 aromatic carbocycles. The van der Waals surface area contributed by atoms with Crippen molar-refractivity contribution in [2.24, 2.45) is 0 Å². The van der Waals surface area contributed by atoms with Gasteiger partial charge in [-0.25, -0.2) is 8.42 Å². The number of nitrogens with zero attached hydrogens (tertiary/aromatic N) is 1. The average molecular weight is 437 g/mol. The van der Waals surface area contributed by atoms with E-state index in [1.807, 2.05) is 0 Å². The summed E-state index contributed by atoms with van der Waals surface area (Å²) in [6, 6.07) is 4.25. The van der Waals surface area contributed by atoms with Gasteiger partial charge in [0.15, 0.2) is 6.61 Å². The molecule has 0 bridgehead atoms. The smallest absolute Gasteiger partial charge is 0.327 e. The van der Waals surface area contributed by atoms with Crippen LogP contribution in [-0.4, -0.2) is 62.6 Å². The van der Waals surface area contributed by atoms with Crippen molar-refractivity contribution >= 4 is 37.8 Å². The van der Waals surface area contributed by atoms with Crippen molar-refractivity contribution in [1.82, 2.24) is 9.62 Å². The minimum Gasteiger partial charge on any atom is -0.454 e. The predicted molar refractivity (Wildman–Crippen MR) is 94.2 cm³/mol. The molecular formula is C15H21BrN2O6S. The van der Waals surface area contributed by atoms with E-state index in [-0.39, 0.29) is 4.90 Å². The van der Waals surface area contributed by atoms with Crippen LogP contribution in [0.25, 0.3) is 0 Å². The normalized spacial score (nSPS) is 12.5. The molecular weight excluding hydrogens is 416 g/mol. The van der Waals surface area contributed by atoms with E-state index in [1.165, 1.54) is 29.2 Å². The van der Waals surface area contributed by atoms with Crippen LogP contribution in [0.1, 0.15) is 13.8 Å². The molecule has 0 saturated carbocycles. The number of hydrogen-bond donors (Lipinski definition) is 2. The van der Waals surface area contributed by atoms with Gasteiger partial charge in [-0.05, 0) is 38.1 Å². The molecule has 0 aliphatic rings. The summed E-state index contributed by atoms with van der Waals surface area (Å²) in [5, 5.41) is 9.29. The van der Waals surface area contributed by atoms with Gasteiger partial charge in [-0.15, -0.1) is 0 Å². The number of esters is 1. The first-order valence-corrected chi connectivity index (χ1v) is 9.85. The summed E-state index contributed by atoms with van der Waals surface area (Å²) in [4.78, 5) is 25.2. The van der Waals surface area contributed by atoms with Crippen LogP contribution in [0.4, 0.5) is 0 Å². The number of sulfonamides is 1. The maximum absolute atomic E-state index is 12.2. The number of hydrogen-bond acceptors (Lipinski definition) is 6. The summed E-state index contributed by atoms with van der Waals surface area (Å²) in [7, 11) is -4.02. The molecule has 10 heteroatoms. The first-order valence-electron chi connectivity index (χ1n) is 7.58. The second-order valence-corrected chi connectivity index (χ2v) is 7.61. The Balaban J connectivity index is 2.73. The molecule has 0 fully saturated rings. The van der Waals surface area contributed by atoms with Gasteiger partial charge in [-0.1, -0.05) is 15.9 Å². The first-order chi connectivity index (χ1) is 11.7. The van der Waals surface area contributed by atoms with E-state index in [9.17, 15) is 23.1 Å². The monoisotopic (exact) mass is 436 g/mol. The lowest BCUT2D eigenvalue weighted by Crippen LogP contribution is -2.45. The molecule has 0 spiro atoms. The second-order valence-electron chi connectivity index (χ2n) is 4.98. The number of ether oxygens (including phenoxy) is 1. The Kier molecular flexibility index (Phi) is 8.50. The topological polar surface area (TPSA) is 113 Å². The number of aliphatic hydroxyl groups excluding tert-OH is 1. The molecule has 1 atom stereocenters. The highest BCUT2D eigenvalue weighted by atomic mass is 79.9. The number of likely N-dealkylation sites (N-methyl/N-ethyl adjacent to an activating group) is 1. The fraction of sp³-hybridized carbons (Fsp3) is 0.467. The molecule has 1 amide bonds. The van der Waals surface area contributed by atoms with E-state index in [4.69, 9.17) is 4.74 Å². The molecule has 25 heavy (non-hydrogen) atoms. The van der Waals surface area contributed by atoms with Crippen molar-refractivity contribution in [3.63, 3.8) is 0 Å². The van der Waals surface area contributed by atoms with Crippen LogP contribution in [0.2, 0.25) is 0 Å². The van der Waals surface area contributed by atoms with Gasteiger partial charge in [0.2, 0.25) is 10.0 Å². The first kappa shape index (κ1) is 21.6. The average Bonchev–Trinajstić information content (AvgIpc) is 2.59. The second kappa shape index (κ2) is 9.85. The molecule has 0 saturated heterocycles. The van der Waals surface area contributed by atoms with Gasteiger partial charge in [0, 0.05) is 17.6 Å². The number of carbonyl (C=O) groups is 2. The van der Waals surface area contributed by atoms with Crippen LogP contribution < -0.4 is 4.72 Å². The maximum atomic E-state index is 12.2. The quantitative estimate of drug-likeness (QED) is 0.544. The number of rotatable bonds is 9. The lowest BCUT2D eigenvalue weighted by atomic mass is 10.3. The van der Waals surface area contributed by atoms with E-state index in [1.54, 1.807) is 13.8 Å². The van der Waals surface area contributed by atoms with Crippen LogP contribution in [0.15, 0.2) is 33.6 Å². The summed E-state index contributed by atoms with van der Waals surface area (Å²) in [6.07, 6.45) is 0. The minimum absolute atomic E-state index is 0.0684. The minimum atomic E-state index is -4.02. The number of carbonyl (C=O) groups excluding carboxylic acids is 2. The Bertz CT molecular complexity index is 688. The Morgan fingerprint density at radius 3 is 2.28 bits per heavy atom. The van der Waals surface area contributed by atoms with Gasteiger partial charge >= 0.3 is 5.97 Å². The van der Waals surface area contributed by atoms with Gasteiger partial charge < -0.3 is 14.7 Å². The standard InChI is InChI=1S/C15H21BrN2O6S/c1-3-18(4-2)14(20)10-24-15(21)13(9-19)17-25(22,23)12-7-5-11(16)6-8-12/h5-8,13,17,19H,3-4,9-10H2,1-2H3. The number of halogens is 1. The number of benzene rings is 1.